The highest BCUT2D eigenvalue weighted by atomic mass is 32.1. The van der Waals surface area contributed by atoms with Crippen molar-refractivity contribution in [3.05, 3.63) is 53.3 Å². The molecular formula is C16H15N3O2S. The van der Waals surface area contributed by atoms with E-state index in [0.717, 1.165) is 22.8 Å². The number of furan rings is 1. The van der Waals surface area contributed by atoms with Gasteiger partial charge in [0.05, 0.1) is 19.0 Å². The SMILES string of the molecule is COc1ccccc1-c1csc(N/N=C\c2ccc(C)o2)n1. The van der Waals surface area contributed by atoms with Crippen molar-refractivity contribution in [3.63, 3.8) is 0 Å². The number of hydrogen-bond donors (Lipinski definition) is 1. The van der Waals surface area contributed by atoms with Crippen LogP contribution in [-0.4, -0.2) is 18.3 Å². The summed E-state index contributed by atoms with van der Waals surface area (Å²) >= 11 is 1.48. The molecule has 5 nitrogen and oxygen atoms in total. The van der Waals surface area contributed by atoms with Crippen molar-refractivity contribution in [3.8, 4) is 17.0 Å². The van der Waals surface area contributed by atoms with Crippen LogP contribution in [0.25, 0.3) is 11.3 Å². The van der Waals surface area contributed by atoms with Gasteiger partial charge in [0.25, 0.3) is 0 Å². The summed E-state index contributed by atoms with van der Waals surface area (Å²) in [7, 11) is 1.65. The summed E-state index contributed by atoms with van der Waals surface area (Å²) in [5, 5.41) is 6.80. The molecule has 0 amide bonds. The van der Waals surface area contributed by atoms with Crippen molar-refractivity contribution in [2.45, 2.75) is 6.92 Å². The summed E-state index contributed by atoms with van der Waals surface area (Å²) in [6.07, 6.45) is 1.62. The maximum absolute atomic E-state index is 5.40. The number of anilines is 1. The number of hydrogen-bond acceptors (Lipinski definition) is 6. The second-order valence-corrected chi connectivity index (χ2v) is 5.41. The van der Waals surface area contributed by atoms with Crippen molar-refractivity contribution in [2.24, 2.45) is 5.10 Å². The van der Waals surface area contributed by atoms with Crippen molar-refractivity contribution in [1.29, 1.82) is 0 Å². The van der Waals surface area contributed by atoms with E-state index in [1.807, 2.05) is 48.7 Å². The zero-order chi connectivity index (χ0) is 15.4. The van der Waals surface area contributed by atoms with Crippen molar-refractivity contribution >= 4 is 22.7 Å². The molecule has 2 aromatic heterocycles. The molecule has 112 valence electrons. The van der Waals surface area contributed by atoms with Gasteiger partial charge in [-0.25, -0.2) is 4.98 Å². The maximum Gasteiger partial charge on any atom is 0.203 e. The van der Waals surface area contributed by atoms with E-state index in [-0.39, 0.29) is 0 Å². The Morgan fingerprint density at radius 1 is 1.27 bits per heavy atom. The van der Waals surface area contributed by atoms with Crippen LogP contribution in [0.2, 0.25) is 0 Å². The van der Waals surface area contributed by atoms with Gasteiger partial charge >= 0.3 is 0 Å². The van der Waals surface area contributed by atoms with E-state index >= 15 is 0 Å². The van der Waals surface area contributed by atoms with Gasteiger partial charge in [0.15, 0.2) is 0 Å². The Hall–Kier alpha value is -2.60. The first-order chi connectivity index (χ1) is 10.8. The molecule has 2 heterocycles. The van der Waals surface area contributed by atoms with Gasteiger partial charge in [0.2, 0.25) is 5.13 Å². The van der Waals surface area contributed by atoms with Crippen LogP contribution in [0.4, 0.5) is 5.13 Å². The van der Waals surface area contributed by atoms with Crippen LogP contribution in [0.5, 0.6) is 5.75 Å². The van der Waals surface area contributed by atoms with Gasteiger partial charge in [0.1, 0.15) is 17.3 Å². The van der Waals surface area contributed by atoms with Crippen LogP contribution in [0.15, 0.2) is 51.3 Å². The molecule has 0 aliphatic carbocycles. The Bertz CT molecular complexity index is 792. The van der Waals surface area contributed by atoms with Gasteiger partial charge in [0, 0.05) is 10.9 Å². The first kappa shape index (κ1) is 14.3. The van der Waals surface area contributed by atoms with Gasteiger partial charge in [-0.05, 0) is 31.2 Å². The smallest absolute Gasteiger partial charge is 0.203 e. The summed E-state index contributed by atoms with van der Waals surface area (Å²) in [4.78, 5) is 4.51. The van der Waals surface area contributed by atoms with E-state index in [9.17, 15) is 0 Å². The quantitative estimate of drug-likeness (QED) is 0.567. The monoisotopic (exact) mass is 313 g/mol. The second-order valence-electron chi connectivity index (χ2n) is 4.56. The minimum absolute atomic E-state index is 0.700. The number of nitrogens with one attached hydrogen (secondary N) is 1. The molecule has 0 saturated carbocycles. The second kappa shape index (κ2) is 6.44. The lowest BCUT2D eigenvalue weighted by atomic mass is 10.1. The molecule has 0 aliphatic heterocycles. The first-order valence-electron chi connectivity index (χ1n) is 6.70. The van der Waals surface area contributed by atoms with Crippen molar-refractivity contribution in [1.82, 2.24) is 4.98 Å². The van der Waals surface area contributed by atoms with Crippen molar-refractivity contribution < 1.29 is 9.15 Å². The van der Waals surface area contributed by atoms with E-state index in [0.29, 0.717) is 10.9 Å². The normalized spacial score (nSPS) is 11.0. The summed E-state index contributed by atoms with van der Waals surface area (Å²) in [6, 6.07) is 11.5. The molecule has 0 fully saturated rings. The van der Waals surface area contributed by atoms with Gasteiger partial charge in [-0.15, -0.1) is 11.3 Å². The third-order valence-electron chi connectivity index (χ3n) is 3.00. The molecule has 0 saturated heterocycles. The highest BCUT2D eigenvalue weighted by Crippen LogP contribution is 2.31. The fourth-order valence-corrected chi connectivity index (χ4v) is 2.64. The average Bonchev–Trinajstić information content (AvgIpc) is 3.17. The molecule has 0 radical (unpaired) electrons. The first-order valence-corrected chi connectivity index (χ1v) is 7.58. The lowest BCUT2D eigenvalue weighted by molar-refractivity contribution is 0.416. The Morgan fingerprint density at radius 3 is 2.91 bits per heavy atom. The van der Waals surface area contributed by atoms with Gasteiger partial charge < -0.3 is 9.15 Å². The van der Waals surface area contributed by atoms with E-state index in [1.165, 1.54) is 11.3 Å². The summed E-state index contributed by atoms with van der Waals surface area (Å²) in [5.41, 5.74) is 4.72. The van der Waals surface area contributed by atoms with E-state index in [2.05, 4.69) is 15.5 Å². The number of nitrogens with zero attached hydrogens (tertiary/aromatic N) is 2. The topological polar surface area (TPSA) is 59.6 Å². The minimum Gasteiger partial charge on any atom is -0.496 e. The van der Waals surface area contributed by atoms with Crippen LogP contribution in [0, 0.1) is 6.92 Å². The fourth-order valence-electron chi connectivity index (χ4n) is 1.98. The number of ether oxygens (including phenoxy) is 1. The zero-order valence-electron chi connectivity index (χ0n) is 12.2. The molecule has 3 rings (SSSR count). The summed E-state index contributed by atoms with van der Waals surface area (Å²) in [5.74, 6) is 2.36. The number of benzene rings is 1. The molecule has 3 aromatic rings. The van der Waals surface area contributed by atoms with E-state index < -0.39 is 0 Å². The minimum atomic E-state index is 0.700. The molecule has 1 N–H and O–H groups in total. The Balaban J connectivity index is 1.72. The molecule has 22 heavy (non-hydrogen) atoms. The lowest BCUT2D eigenvalue weighted by Gasteiger charge is -2.04. The number of para-hydroxylation sites is 1. The lowest BCUT2D eigenvalue weighted by Crippen LogP contribution is -1.90. The predicted octanol–water partition coefficient (Wildman–Crippen LogP) is 4.17. The maximum atomic E-state index is 5.40. The van der Waals surface area contributed by atoms with Gasteiger partial charge in [-0.1, -0.05) is 12.1 Å². The Labute approximate surface area is 132 Å². The molecule has 0 aliphatic rings. The summed E-state index contributed by atoms with van der Waals surface area (Å²) in [6.45, 7) is 1.89. The molecule has 0 spiro atoms. The molecule has 6 heteroatoms. The van der Waals surface area contributed by atoms with E-state index in [4.69, 9.17) is 9.15 Å². The molecule has 0 unspecified atom stereocenters. The van der Waals surface area contributed by atoms with E-state index in [1.54, 1.807) is 13.3 Å². The van der Waals surface area contributed by atoms with Gasteiger partial charge in [-0.3, -0.25) is 5.43 Å². The number of methoxy groups -OCH3 is 1. The Kier molecular flexibility index (Phi) is 4.20. The van der Waals surface area contributed by atoms with Crippen molar-refractivity contribution in [2.75, 3.05) is 12.5 Å². The highest BCUT2D eigenvalue weighted by molar-refractivity contribution is 7.14. The average molecular weight is 313 g/mol. The Morgan fingerprint density at radius 2 is 2.14 bits per heavy atom. The number of rotatable bonds is 5. The number of thiazole rings is 1. The molecular weight excluding hydrogens is 298 g/mol. The fraction of sp³-hybridized carbons (Fsp3) is 0.125. The summed E-state index contributed by atoms with van der Waals surface area (Å²) < 4.78 is 10.8. The standard InChI is InChI=1S/C16H15N3O2S/c1-11-7-8-12(21-11)9-17-19-16-18-14(10-22-16)13-5-3-4-6-15(13)20-2/h3-10H,1-2H3,(H,18,19)/b17-9-. The number of aryl methyl sites for hydroxylation is 1. The number of aromatic nitrogens is 1. The third kappa shape index (κ3) is 3.17. The predicted molar refractivity (Wildman–Crippen MR) is 88.8 cm³/mol. The van der Waals surface area contributed by atoms with Crippen LogP contribution >= 0.6 is 11.3 Å². The third-order valence-corrected chi connectivity index (χ3v) is 3.75. The van der Waals surface area contributed by atoms with Crippen LogP contribution in [0.3, 0.4) is 0 Å². The highest BCUT2D eigenvalue weighted by Gasteiger charge is 2.08. The molecule has 1 aromatic carbocycles. The van der Waals surface area contributed by atoms with Gasteiger partial charge in [-0.2, -0.15) is 5.10 Å². The molecule has 0 atom stereocenters. The van der Waals surface area contributed by atoms with Crippen LogP contribution < -0.4 is 10.2 Å². The largest absolute Gasteiger partial charge is 0.496 e. The number of hydrazone groups is 1. The van der Waals surface area contributed by atoms with Crippen LogP contribution in [-0.2, 0) is 0 Å². The zero-order valence-corrected chi connectivity index (χ0v) is 13.1. The van der Waals surface area contributed by atoms with Crippen LogP contribution in [0.1, 0.15) is 11.5 Å². The molecule has 0 bridgehead atoms.